The van der Waals surface area contributed by atoms with Gasteiger partial charge in [-0.1, -0.05) is 52.0 Å². The molecule has 0 aliphatic carbocycles. The van der Waals surface area contributed by atoms with Crippen LogP contribution in [0.5, 0.6) is 0 Å². The van der Waals surface area contributed by atoms with Gasteiger partial charge in [0, 0.05) is 58.4 Å². The van der Waals surface area contributed by atoms with Crippen molar-refractivity contribution in [2.24, 2.45) is 11.8 Å². The number of carbonyl (C=O) groups excluding carboxylic acids is 4. The molecule has 3 aromatic carbocycles. The highest BCUT2D eigenvalue weighted by atomic mass is 19.1. The van der Waals surface area contributed by atoms with Gasteiger partial charge in [-0.3, -0.25) is 19.2 Å². The molecular weight excluding hydrogens is 815 g/mol. The summed E-state index contributed by atoms with van der Waals surface area (Å²) in [5.41, 5.74) is 6.69. The summed E-state index contributed by atoms with van der Waals surface area (Å²) in [6.07, 6.45) is 4.31. The average molecular weight is 879 g/mol. The standard InChI is InChI=1S/C50H64F2N8O4/c1-27(2)43(57-47(61)29(5)53-7)49(63)59-21-9-11-35(59)25-39-37-19-17-33(51)23-41(37)55-45(39)31-13-15-32(16-14-31)46-40(38-20-18-34(52)24-42(38)56-46)26-36-12-10-22-60(36)50(64)44(28(3)4)58-48(62)30(6)54-8/h13-20,23-24,27-30,35-36,43-44,53-56H,9-12,21-22,25-26H2,1-8H3,(H,57,61)(H,58,62)/t29-,30-,35-,36+,43-,44-/m0/s1. The minimum Gasteiger partial charge on any atom is -0.354 e. The molecule has 2 aliphatic rings. The maximum atomic E-state index is 14.7. The van der Waals surface area contributed by atoms with Crippen molar-refractivity contribution < 1.29 is 28.0 Å². The molecule has 6 N–H and O–H groups in total. The first-order valence-electron chi connectivity index (χ1n) is 22.9. The van der Waals surface area contributed by atoms with Crippen LogP contribution < -0.4 is 21.3 Å². The number of halogens is 2. The quantitative estimate of drug-likeness (QED) is 0.0640. The van der Waals surface area contributed by atoms with Crippen molar-refractivity contribution in [1.29, 1.82) is 0 Å². The number of rotatable bonds is 16. The van der Waals surface area contributed by atoms with E-state index in [1.165, 1.54) is 24.3 Å². The van der Waals surface area contributed by atoms with Gasteiger partial charge in [0.25, 0.3) is 0 Å². The van der Waals surface area contributed by atoms with Gasteiger partial charge in [0.2, 0.25) is 23.6 Å². The van der Waals surface area contributed by atoms with Crippen LogP contribution in [-0.2, 0) is 32.0 Å². The number of amides is 4. The van der Waals surface area contributed by atoms with E-state index in [2.05, 4.69) is 31.2 Å². The SMILES string of the molecule is CN[C@@H](C)C(=O)N[C@H](C(=O)N1CCC[C@@H]1Cc1c(-c2ccc(-c3[nH]c4cc(F)ccc4c3C[C@@H]3CCCN3C(=O)[C@@H](NC(=O)[C@H](C)NC)C(C)C)cc2)[nH]c2cc(F)ccc12)C(C)C. The van der Waals surface area contributed by atoms with Crippen LogP contribution in [0, 0.1) is 23.5 Å². The van der Waals surface area contributed by atoms with Crippen molar-refractivity contribution in [3.63, 3.8) is 0 Å². The fourth-order valence-corrected chi connectivity index (χ4v) is 9.53. The lowest BCUT2D eigenvalue weighted by Crippen LogP contribution is -2.55. The van der Waals surface area contributed by atoms with Crippen LogP contribution in [0.4, 0.5) is 8.78 Å². The van der Waals surface area contributed by atoms with Gasteiger partial charge in [0.1, 0.15) is 23.7 Å². The number of aromatic amines is 2. The molecule has 4 amide bonds. The molecule has 2 aromatic heterocycles. The van der Waals surface area contributed by atoms with Gasteiger partial charge in [-0.05, 0) is 137 Å². The molecule has 0 radical (unpaired) electrons. The number of likely N-dealkylation sites (N-methyl/N-ethyl adjacent to an activating group) is 2. The Bertz CT molecular complexity index is 2330. The molecule has 2 saturated heterocycles. The summed E-state index contributed by atoms with van der Waals surface area (Å²) in [4.78, 5) is 65.0. The van der Waals surface area contributed by atoms with Crippen molar-refractivity contribution in [1.82, 2.24) is 41.0 Å². The van der Waals surface area contributed by atoms with Gasteiger partial charge in [0.15, 0.2) is 0 Å². The second-order valence-electron chi connectivity index (χ2n) is 18.5. The van der Waals surface area contributed by atoms with Crippen molar-refractivity contribution in [2.75, 3.05) is 27.2 Å². The van der Waals surface area contributed by atoms with Crippen molar-refractivity contribution in [3.8, 4) is 22.5 Å². The number of nitrogens with zero attached hydrogens (tertiary/aromatic N) is 2. The average Bonchev–Trinajstić information content (AvgIpc) is 4.09. The first-order chi connectivity index (χ1) is 30.6. The van der Waals surface area contributed by atoms with Crippen molar-refractivity contribution >= 4 is 45.4 Å². The monoisotopic (exact) mass is 879 g/mol. The highest BCUT2D eigenvalue weighted by Gasteiger charge is 2.38. The Morgan fingerprint density at radius 2 is 0.984 bits per heavy atom. The van der Waals surface area contributed by atoms with Crippen LogP contribution in [0.25, 0.3) is 44.3 Å². The van der Waals surface area contributed by atoms with E-state index in [0.717, 1.165) is 70.1 Å². The number of aromatic nitrogens is 2. The lowest BCUT2D eigenvalue weighted by Gasteiger charge is -2.32. The van der Waals surface area contributed by atoms with Gasteiger partial charge in [-0.2, -0.15) is 0 Å². The third-order valence-corrected chi connectivity index (χ3v) is 13.5. The Morgan fingerprint density at radius 1 is 0.609 bits per heavy atom. The molecule has 2 aliphatic heterocycles. The molecular formula is C50H64F2N8O4. The predicted octanol–water partition coefficient (Wildman–Crippen LogP) is 6.83. The lowest BCUT2D eigenvalue weighted by atomic mass is 9.94. The molecule has 342 valence electrons. The Hall–Kier alpha value is -5.60. The Labute approximate surface area is 374 Å². The topological polar surface area (TPSA) is 154 Å². The molecule has 0 bridgehead atoms. The zero-order chi connectivity index (χ0) is 46.0. The van der Waals surface area contributed by atoms with Gasteiger partial charge >= 0.3 is 0 Å². The maximum absolute atomic E-state index is 14.7. The van der Waals surface area contributed by atoms with Crippen LogP contribution >= 0.6 is 0 Å². The van der Waals surface area contributed by atoms with E-state index in [0.29, 0.717) is 37.0 Å². The number of carbonyl (C=O) groups is 4. The Morgan fingerprint density at radius 3 is 1.33 bits per heavy atom. The molecule has 6 atom stereocenters. The molecule has 12 nitrogen and oxygen atoms in total. The molecule has 0 spiro atoms. The number of H-pyrrole nitrogens is 2. The van der Waals surface area contributed by atoms with Gasteiger partial charge in [-0.25, -0.2) is 8.78 Å². The van der Waals surface area contributed by atoms with Gasteiger partial charge in [-0.15, -0.1) is 0 Å². The number of likely N-dealkylation sites (tertiary alicyclic amines) is 2. The number of hydrogen-bond donors (Lipinski definition) is 6. The van der Waals surface area contributed by atoms with Gasteiger partial charge < -0.3 is 41.0 Å². The highest BCUT2D eigenvalue weighted by Crippen LogP contribution is 2.38. The molecule has 5 aromatic rings. The van der Waals surface area contributed by atoms with Crippen LogP contribution in [0.3, 0.4) is 0 Å². The maximum Gasteiger partial charge on any atom is 0.245 e. The number of fused-ring (bicyclic) bond motifs is 2. The molecule has 4 heterocycles. The summed E-state index contributed by atoms with van der Waals surface area (Å²) in [7, 11) is 3.42. The Balaban J connectivity index is 1.19. The van der Waals surface area contributed by atoms with E-state index in [9.17, 15) is 28.0 Å². The summed E-state index contributed by atoms with van der Waals surface area (Å²) in [6, 6.07) is 15.1. The smallest absolute Gasteiger partial charge is 0.245 e. The molecule has 0 saturated carbocycles. The number of hydrogen-bond acceptors (Lipinski definition) is 6. The van der Waals surface area contributed by atoms with Crippen LogP contribution in [0.15, 0.2) is 60.7 Å². The Kier molecular flexibility index (Phi) is 14.2. The van der Waals surface area contributed by atoms with E-state index in [1.807, 2.05) is 61.8 Å². The van der Waals surface area contributed by atoms with Gasteiger partial charge in [0.05, 0.1) is 12.1 Å². The van der Waals surface area contributed by atoms with E-state index in [1.54, 1.807) is 40.1 Å². The largest absolute Gasteiger partial charge is 0.354 e. The zero-order valence-electron chi connectivity index (χ0n) is 38.3. The lowest BCUT2D eigenvalue weighted by molar-refractivity contribution is -0.138. The third-order valence-electron chi connectivity index (χ3n) is 13.5. The molecule has 7 rings (SSSR count). The van der Waals surface area contributed by atoms with Crippen LogP contribution in [-0.4, -0.2) is 107 Å². The normalized spacial score (nSPS) is 18.6. The molecule has 0 unspecified atom stereocenters. The van der Waals surface area contributed by atoms with E-state index in [4.69, 9.17) is 0 Å². The number of benzene rings is 3. The summed E-state index contributed by atoms with van der Waals surface area (Å²) in [5, 5.41) is 13.6. The van der Waals surface area contributed by atoms with E-state index >= 15 is 0 Å². The zero-order valence-corrected chi connectivity index (χ0v) is 38.3. The summed E-state index contributed by atoms with van der Waals surface area (Å²) in [5.74, 6) is -1.61. The van der Waals surface area contributed by atoms with E-state index in [-0.39, 0.29) is 59.2 Å². The fourth-order valence-electron chi connectivity index (χ4n) is 9.53. The summed E-state index contributed by atoms with van der Waals surface area (Å²) >= 11 is 0. The minimum atomic E-state index is -0.673. The second kappa shape index (κ2) is 19.6. The first-order valence-corrected chi connectivity index (χ1v) is 22.9. The first kappa shape index (κ1) is 46.4. The van der Waals surface area contributed by atoms with Crippen molar-refractivity contribution in [2.45, 2.75) is 116 Å². The molecule has 2 fully saturated rings. The molecule has 14 heteroatoms. The van der Waals surface area contributed by atoms with E-state index < -0.39 is 24.2 Å². The highest BCUT2D eigenvalue weighted by molar-refractivity contribution is 5.94. The summed E-state index contributed by atoms with van der Waals surface area (Å²) < 4.78 is 29.4. The van der Waals surface area contributed by atoms with Crippen LogP contribution in [0.1, 0.15) is 78.4 Å². The number of nitrogens with one attached hydrogen (secondary N) is 6. The van der Waals surface area contributed by atoms with Crippen LogP contribution in [0.2, 0.25) is 0 Å². The van der Waals surface area contributed by atoms with Crippen molar-refractivity contribution in [3.05, 3.63) is 83.4 Å². The minimum absolute atomic E-state index is 0.101. The summed E-state index contributed by atoms with van der Waals surface area (Å²) in [6.45, 7) is 12.4. The molecule has 64 heavy (non-hydrogen) atoms. The third kappa shape index (κ3) is 9.58. The predicted molar refractivity (Wildman–Crippen MR) is 248 cm³/mol. The second-order valence-corrected chi connectivity index (χ2v) is 18.5. The fraction of sp³-hybridized carbons (Fsp3) is 0.480.